The van der Waals surface area contributed by atoms with E-state index in [1.54, 1.807) is 18.4 Å². The predicted molar refractivity (Wildman–Crippen MR) is 64.1 cm³/mol. The van der Waals surface area contributed by atoms with Crippen LogP contribution in [0.25, 0.3) is 10.4 Å². The standard InChI is InChI=1S/C10H8OS2Se/c1-11-8-4-2-7(3-5-8)9-6-14-10(12)13-9/h2-6H,1H3. The van der Waals surface area contributed by atoms with Gasteiger partial charge in [-0.05, 0) is 0 Å². The second kappa shape index (κ2) is 4.41. The average molecular weight is 287 g/mol. The molecule has 0 aliphatic carbocycles. The molecule has 0 atom stereocenters. The summed E-state index contributed by atoms with van der Waals surface area (Å²) in [5, 5.41) is 0. The number of rotatable bonds is 2. The van der Waals surface area contributed by atoms with Crippen LogP contribution >= 0.6 is 23.6 Å². The summed E-state index contributed by atoms with van der Waals surface area (Å²) in [6.07, 6.45) is 0. The number of hydrogen-bond acceptors (Lipinski definition) is 3. The molecule has 1 heterocycles. The summed E-state index contributed by atoms with van der Waals surface area (Å²) >= 11 is 7.27. The molecular weight excluding hydrogens is 279 g/mol. The third-order valence-electron chi connectivity index (χ3n) is 1.83. The average Bonchev–Trinajstić information content (AvgIpc) is 2.65. The Morgan fingerprint density at radius 2 is 2.00 bits per heavy atom. The van der Waals surface area contributed by atoms with Crippen LogP contribution in [0.3, 0.4) is 0 Å². The van der Waals surface area contributed by atoms with Crippen LogP contribution in [-0.4, -0.2) is 21.6 Å². The number of ether oxygens (including phenoxy) is 1. The van der Waals surface area contributed by atoms with Crippen LogP contribution in [0.5, 0.6) is 5.75 Å². The fourth-order valence-electron chi connectivity index (χ4n) is 1.12. The van der Waals surface area contributed by atoms with E-state index in [4.69, 9.17) is 17.0 Å². The van der Waals surface area contributed by atoms with E-state index in [0.29, 0.717) is 14.5 Å². The van der Waals surface area contributed by atoms with Gasteiger partial charge in [0.05, 0.1) is 0 Å². The summed E-state index contributed by atoms with van der Waals surface area (Å²) in [5.74, 6) is 0.894. The molecule has 1 nitrogen and oxygen atoms in total. The molecule has 2 aromatic rings. The van der Waals surface area contributed by atoms with Gasteiger partial charge in [-0.15, -0.1) is 0 Å². The van der Waals surface area contributed by atoms with Crippen molar-refractivity contribution in [3.05, 3.63) is 31.9 Å². The van der Waals surface area contributed by atoms with Crippen LogP contribution in [0.4, 0.5) is 0 Å². The Morgan fingerprint density at radius 1 is 1.29 bits per heavy atom. The van der Waals surface area contributed by atoms with Gasteiger partial charge in [0.25, 0.3) is 0 Å². The molecule has 0 saturated carbocycles. The zero-order valence-electron chi connectivity index (χ0n) is 7.52. The van der Waals surface area contributed by atoms with Gasteiger partial charge in [-0.3, -0.25) is 0 Å². The molecule has 14 heavy (non-hydrogen) atoms. The van der Waals surface area contributed by atoms with Crippen LogP contribution < -0.4 is 4.74 Å². The molecule has 0 radical (unpaired) electrons. The second-order valence-corrected chi connectivity index (χ2v) is 7.41. The Balaban J connectivity index is 2.38. The Morgan fingerprint density at radius 3 is 2.50 bits per heavy atom. The van der Waals surface area contributed by atoms with Gasteiger partial charge >= 0.3 is 98.0 Å². The van der Waals surface area contributed by atoms with Gasteiger partial charge in [0, 0.05) is 0 Å². The molecule has 1 aromatic heterocycles. The first-order valence-corrected chi connectivity index (χ1v) is 7.09. The van der Waals surface area contributed by atoms with Crippen molar-refractivity contribution >= 4 is 38.1 Å². The monoisotopic (exact) mass is 288 g/mol. The van der Waals surface area contributed by atoms with Gasteiger partial charge < -0.3 is 0 Å². The molecule has 0 aliphatic rings. The van der Waals surface area contributed by atoms with Crippen LogP contribution in [0.1, 0.15) is 0 Å². The molecule has 0 bridgehead atoms. The molecule has 0 unspecified atom stereocenters. The quantitative estimate of drug-likeness (QED) is 0.619. The van der Waals surface area contributed by atoms with Crippen molar-refractivity contribution in [2.24, 2.45) is 0 Å². The Kier molecular flexibility index (Phi) is 3.18. The van der Waals surface area contributed by atoms with E-state index in [0.717, 1.165) is 8.45 Å². The normalized spacial score (nSPS) is 10.1. The van der Waals surface area contributed by atoms with Crippen molar-refractivity contribution in [2.45, 2.75) is 0 Å². The molecule has 0 saturated heterocycles. The summed E-state index contributed by atoms with van der Waals surface area (Å²) in [5.41, 5.74) is 1.23. The number of hydrogen-bond donors (Lipinski definition) is 0. The molecule has 0 N–H and O–H groups in total. The number of benzene rings is 1. The fourth-order valence-corrected chi connectivity index (χ4v) is 4.55. The minimum absolute atomic E-state index is 0.398. The first kappa shape index (κ1) is 10.1. The third-order valence-corrected chi connectivity index (χ3v) is 5.83. The summed E-state index contributed by atoms with van der Waals surface area (Å²) in [4.78, 5) is 3.53. The van der Waals surface area contributed by atoms with E-state index >= 15 is 0 Å². The topological polar surface area (TPSA) is 9.23 Å². The van der Waals surface area contributed by atoms with Crippen molar-refractivity contribution in [3.63, 3.8) is 0 Å². The van der Waals surface area contributed by atoms with Crippen LogP contribution in [0.2, 0.25) is 0 Å². The SMILES string of the molecule is COc1ccc(-c2c[se]c(=S)s2)cc1. The van der Waals surface area contributed by atoms with E-state index in [9.17, 15) is 0 Å². The molecule has 0 fully saturated rings. The number of methoxy groups -OCH3 is 1. The second-order valence-electron chi connectivity index (χ2n) is 2.68. The van der Waals surface area contributed by atoms with Gasteiger partial charge in [-0.2, -0.15) is 0 Å². The van der Waals surface area contributed by atoms with Gasteiger partial charge in [-0.25, -0.2) is 0 Å². The minimum atomic E-state index is 0.398. The van der Waals surface area contributed by atoms with Crippen molar-refractivity contribution in [2.75, 3.05) is 7.11 Å². The maximum atomic E-state index is 5.16. The van der Waals surface area contributed by atoms with E-state index in [1.165, 1.54) is 10.4 Å². The molecule has 0 aliphatic heterocycles. The Hall–Kier alpha value is -0.411. The molecule has 4 heteroatoms. The molecular formula is C10H8OS2Se. The third kappa shape index (κ3) is 2.15. The zero-order valence-corrected chi connectivity index (χ0v) is 10.9. The van der Waals surface area contributed by atoms with Crippen molar-refractivity contribution in [1.29, 1.82) is 0 Å². The van der Waals surface area contributed by atoms with Gasteiger partial charge in [0.2, 0.25) is 0 Å². The van der Waals surface area contributed by atoms with Gasteiger partial charge in [-0.1, -0.05) is 0 Å². The molecule has 72 valence electrons. The van der Waals surface area contributed by atoms with Crippen LogP contribution in [0.15, 0.2) is 29.2 Å². The van der Waals surface area contributed by atoms with Gasteiger partial charge in [0.1, 0.15) is 0 Å². The Bertz CT molecular complexity index is 469. The van der Waals surface area contributed by atoms with E-state index < -0.39 is 0 Å². The van der Waals surface area contributed by atoms with E-state index in [1.807, 2.05) is 12.1 Å². The van der Waals surface area contributed by atoms with Crippen molar-refractivity contribution in [1.82, 2.24) is 0 Å². The fraction of sp³-hybridized carbons (Fsp3) is 0.100. The van der Waals surface area contributed by atoms with E-state index in [2.05, 4.69) is 17.1 Å². The van der Waals surface area contributed by atoms with Crippen molar-refractivity contribution < 1.29 is 4.74 Å². The zero-order chi connectivity index (χ0) is 9.97. The Labute approximate surface area is 97.7 Å². The first-order valence-electron chi connectivity index (χ1n) is 4.02. The predicted octanol–water partition coefficient (Wildman–Crippen LogP) is 3.21. The summed E-state index contributed by atoms with van der Waals surface area (Å²) in [7, 11) is 1.68. The van der Waals surface area contributed by atoms with E-state index in [-0.39, 0.29) is 0 Å². The summed E-state index contributed by atoms with van der Waals surface area (Å²) < 4.78 is 6.22. The van der Waals surface area contributed by atoms with Gasteiger partial charge in [0.15, 0.2) is 0 Å². The first-order chi connectivity index (χ1) is 6.79. The molecule has 0 amide bonds. The van der Waals surface area contributed by atoms with Crippen molar-refractivity contribution in [3.8, 4) is 16.2 Å². The summed E-state index contributed by atoms with van der Waals surface area (Å²) in [6.45, 7) is 0. The summed E-state index contributed by atoms with van der Waals surface area (Å²) in [6, 6.07) is 8.10. The van der Waals surface area contributed by atoms with Crippen LogP contribution in [0, 0.1) is 2.70 Å². The van der Waals surface area contributed by atoms with Crippen LogP contribution in [-0.2, 0) is 0 Å². The maximum absolute atomic E-state index is 5.16. The molecule has 2 rings (SSSR count). The molecule has 0 spiro atoms. The molecule has 1 aromatic carbocycles.